The van der Waals surface area contributed by atoms with Gasteiger partial charge in [0.1, 0.15) is 6.04 Å². The van der Waals surface area contributed by atoms with E-state index in [2.05, 4.69) is 5.32 Å². The molecular formula is C18H26Cl2N2O2. The Hall–Kier alpha value is -1.26. The summed E-state index contributed by atoms with van der Waals surface area (Å²) in [6.45, 7) is 8.00. The number of hydrogen-bond donors (Lipinski definition) is 1. The molecule has 134 valence electrons. The van der Waals surface area contributed by atoms with E-state index in [1.165, 1.54) is 0 Å². The summed E-state index contributed by atoms with van der Waals surface area (Å²) in [5.41, 5.74) is 0.848. The number of amides is 2. The quantitative estimate of drug-likeness (QED) is 0.733. The second-order valence-electron chi connectivity index (χ2n) is 5.87. The molecule has 4 nitrogen and oxygen atoms in total. The minimum Gasteiger partial charge on any atom is -0.352 e. The van der Waals surface area contributed by atoms with E-state index < -0.39 is 6.04 Å². The van der Waals surface area contributed by atoms with Crippen LogP contribution in [0.15, 0.2) is 18.2 Å². The van der Waals surface area contributed by atoms with Crippen LogP contribution in [0.25, 0.3) is 0 Å². The summed E-state index contributed by atoms with van der Waals surface area (Å²) in [4.78, 5) is 26.6. The molecule has 1 aromatic carbocycles. The lowest BCUT2D eigenvalue weighted by Crippen LogP contribution is -2.50. The van der Waals surface area contributed by atoms with Crippen LogP contribution in [0.1, 0.15) is 52.5 Å². The Balaban J connectivity index is 3.02. The molecule has 0 aliphatic rings. The van der Waals surface area contributed by atoms with Gasteiger partial charge in [-0.05, 0) is 37.5 Å². The number of carbonyl (C=O) groups is 2. The molecule has 0 fully saturated rings. The Kier molecular flexibility index (Phi) is 8.57. The van der Waals surface area contributed by atoms with Crippen LogP contribution < -0.4 is 5.32 Å². The van der Waals surface area contributed by atoms with Crippen LogP contribution in [0.3, 0.4) is 0 Å². The van der Waals surface area contributed by atoms with Gasteiger partial charge in [-0.15, -0.1) is 0 Å². The summed E-state index contributed by atoms with van der Waals surface area (Å²) in [5, 5.41) is 3.87. The maximum absolute atomic E-state index is 12.6. The molecule has 0 aliphatic carbocycles. The molecule has 0 radical (unpaired) electrons. The molecule has 2 amide bonds. The highest BCUT2D eigenvalue weighted by atomic mass is 35.5. The fraction of sp³-hybridized carbons (Fsp3) is 0.556. The highest BCUT2D eigenvalue weighted by Gasteiger charge is 2.28. The Morgan fingerprint density at radius 3 is 2.29 bits per heavy atom. The third-order valence-corrected chi connectivity index (χ3v) is 4.77. The fourth-order valence-electron chi connectivity index (χ4n) is 2.40. The largest absolute Gasteiger partial charge is 0.352 e. The molecule has 2 unspecified atom stereocenters. The molecule has 1 N–H and O–H groups in total. The first-order valence-corrected chi connectivity index (χ1v) is 9.13. The molecule has 0 aliphatic heterocycles. The van der Waals surface area contributed by atoms with Crippen LogP contribution in [0.4, 0.5) is 0 Å². The van der Waals surface area contributed by atoms with Crippen molar-refractivity contribution in [3.8, 4) is 0 Å². The summed E-state index contributed by atoms with van der Waals surface area (Å²) in [5.74, 6) is -0.180. The number of rotatable bonds is 8. The average Bonchev–Trinajstić information content (AvgIpc) is 2.56. The van der Waals surface area contributed by atoms with Gasteiger partial charge in [-0.25, -0.2) is 0 Å². The number of hydrogen-bond acceptors (Lipinski definition) is 2. The smallest absolute Gasteiger partial charge is 0.243 e. The molecular weight excluding hydrogens is 347 g/mol. The van der Waals surface area contributed by atoms with Crippen molar-refractivity contribution in [2.75, 3.05) is 0 Å². The van der Waals surface area contributed by atoms with Crippen LogP contribution in [0.2, 0.25) is 10.0 Å². The van der Waals surface area contributed by atoms with E-state index in [1.807, 2.05) is 26.8 Å². The minimum absolute atomic E-state index is 0.0628. The normalized spacial score (nSPS) is 13.2. The average molecular weight is 373 g/mol. The molecule has 24 heavy (non-hydrogen) atoms. The monoisotopic (exact) mass is 372 g/mol. The van der Waals surface area contributed by atoms with Gasteiger partial charge in [0.05, 0.1) is 10.0 Å². The lowest BCUT2D eigenvalue weighted by molar-refractivity contribution is -0.141. The Morgan fingerprint density at radius 1 is 1.12 bits per heavy atom. The maximum Gasteiger partial charge on any atom is 0.243 e. The standard InChI is InChI=1S/C18H26Cl2N2O2/c1-5-12(4)21-18(24)16(6-2)22(17(23)7-3)11-13-8-9-14(19)15(20)10-13/h8-10,12,16H,5-7,11H2,1-4H3,(H,21,24). The summed E-state index contributed by atoms with van der Waals surface area (Å²) in [7, 11) is 0. The van der Waals surface area contributed by atoms with Gasteiger partial charge >= 0.3 is 0 Å². The van der Waals surface area contributed by atoms with E-state index in [9.17, 15) is 9.59 Å². The van der Waals surface area contributed by atoms with E-state index in [-0.39, 0.29) is 17.9 Å². The summed E-state index contributed by atoms with van der Waals surface area (Å²) in [6.07, 6.45) is 1.74. The van der Waals surface area contributed by atoms with Crippen molar-refractivity contribution >= 4 is 35.0 Å². The maximum atomic E-state index is 12.6. The van der Waals surface area contributed by atoms with Crippen LogP contribution in [0, 0.1) is 0 Å². The molecule has 0 saturated carbocycles. The van der Waals surface area contributed by atoms with Crippen LogP contribution in [-0.4, -0.2) is 28.8 Å². The zero-order valence-corrected chi connectivity index (χ0v) is 16.2. The first-order chi connectivity index (χ1) is 11.3. The molecule has 6 heteroatoms. The molecule has 1 rings (SSSR count). The number of nitrogens with one attached hydrogen (secondary N) is 1. The second-order valence-corrected chi connectivity index (χ2v) is 6.68. The highest BCUT2D eigenvalue weighted by molar-refractivity contribution is 6.42. The van der Waals surface area contributed by atoms with Crippen molar-refractivity contribution in [2.45, 2.75) is 65.6 Å². The molecule has 0 spiro atoms. The topological polar surface area (TPSA) is 49.4 Å². The number of carbonyl (C=O) groups excluding carboxylic acids is 2. The van der Waals surface area contributed by atoms with Gasteiger partial charge in [-0.3, -0.25) is 9.59 Å². The first kappa shape index (κ1) is 20.8. The fourth-order valence-corrected chi connectivity index (χ4v) is 2.72. The van der Waals surface area contributed by atoms with Crippen LogP contribution in [0.5, 0.6) is 0 Å². The van der Waals surface area contributed by atoms with Crippen LogP contribution in [-0.2, 0) is 16.1 Å². The van der Waals surface area contributed by atoms with Crippen molar-refractivity contribution in [3.63, 3.8) is 0 Å². The van der Waals surface area contributed by atoms with Gasteiger partial charge in [0.2, 0.25) is 11.8 Å². The predicted molar refractivity (Wildman–Crippen MR) is 99.3 cm³/mol. The van der Waals surface area contributed by atoms with E-state index >= 15 is 0 Å². The lowest BCUT2D eigenvalue weighted by Gasteiger charge is -2.31. The Labute approximate surface area is 154 Å². The lowest BCUT2D eigenvalue weighted by atomic mass is 10.1. The summed E-state index contributed by atoms with van der Waals surface area (Å²) >= 11 is 12.0. The second kappa shape index (κ2) is 9.90. The zero-order chi connectivity index (χ0) is 18.3. The molecule has 2 atom stereocenters. The van der Waals surface area contributed by atoms with Crippen molar-refractivity contribution in [1.82, 2.24) is 10.2 Å². The van der Waals surface area contributed by atoms with Crippen molar-refractivity contribution in [1.29, 1.82) is 0 Å². The van der Waals surface area contributed by atoms with Gasteiger partial charge in [0.25, 0.3) is 0 Å². The molecule has 1 aromatic rings. The van der Waals surface area contributed by atoms with Crippen molar-refractivity contribution < 1.29 is 9.59 Å². The third kappa shape index (κ3) is 5.67. The number of benzene rings is 1. The van der Waals surface area contributed by atoms with Crippen LogP contribution >= 0.6 is 23.2 Å². The van der Waals surface area contributed by atoms with E-state index in [0.29, 0.717) is 29.4 Å². The third-order valence-electron chi connectivity index (χ3n) is 4.03. The summed E-state index contributed by atoms with van der Waals surface area (Å²) < 4.78 is 0. The van der Waals surface area contributed by atoms with Gasteiger partial charge < -0.3 is 10.2 Å². The van der Waals surface area contributed by atoms with Crippen molar-refractivity contribution in [2.24, 2.45) is 0 Å². The number of halogens is 2. The van der Waals surface area contributed by atoms with Crippen molar-refractivity contribution in [3.05, 3.63) is 33.8 Å². The van der Waals surface area contributed by atoms with E-state index in [4.69, 9.17) is 23.2 Å². The first-order valence-electron chi connectivity index (χ1n) is 8.37. The molecule has 0 heterocycles. The predicted octanol–water partition coefficient (Wildman–Crippen LogP) is 4.43. The van der Waals surface area contributed by atoms with Gasteiger partial charge in [-0.2, -0.15) is 0 Å². The summed E-state index contributed by atoms with van der Waals surface area (Å²) in [6, 6.07) is 4.84. The van der Waals surface area contributed by atoms with Gasteiger partial charge in [-0.1, -0.05) is 50.0 Å². The Morgan fingerprint density at radius 2 is 1.79 bits per heavy atom. The zero-order valence-electron chi connectivity index (χ0n) is 14.7. The van der Waals surface area contributed by atoms with Gasteiger partial charge in [0, 0.05) is 19.0 Å². The highest BCUT2D eigenvalue weighted by Crippen LogP contribution is 2.24. The number of nitrogens with zero attached hydrogens (tertiary/aromatic N) is 1. The molecule has 0 saturated heterocycles. The molecule has 0 bridgehead atoms. The minimum atomic E-state index is -0.499. The van der Waals surface area contributed by atoms with Gasteiger partial charge in [0.15, 0.2) is 0 Å². The Bertz CT molecular complexity index is 578. The SMILES string of the molecule is CCC(=O)N(Cc1ccc(Cl)c(Cl)c1)C(CC)C(=O)NC(C)CC. The van der Waals surface area contributed by atoms with E-state index in [1.54, 1.807) is 24.0 Å². The van der Waals surface area contributed by atoms with E-state index in [0.717, 1.165) is 12.0 Å². The molecule has 0 aromatic heterocycles.